The van der Waals surface area contributed by atoms with Gasteiger partial charge in [-0.1, -0.05) is 50.8 Å². The summed E-state index contributed by atoms with van der Waals surface area (Å²) >= 11 is 7.25. The molecule has 3 rings (SSSR count). The molecule has 1 saturated heterocycles. The lowest BCUT2D eigenvalue weighted by Gasteiger charge is -2.45. The summed E-state index contributed by atoms with van der Waals surface area (Å²) in [7, 11) is 0. The van der Waals surface area contributed by atoms with Crippen LogP contribution in [0, 0.1) is 5.92 Å². The van der Waals surface area contributed by atoms with Crippen molar-refractivity contribution < 1.29 is 0 Å². The van der Waals surface area contributed by atoms with Gasteiger partial charge in [0, 0.05) is 28.1 Å². The fourth-order valence-corrected chi connectivity index (χ4v) is 5.14. The van der Waals surface area contributed by atoms with E-state index in [4.69, 9.17) is 0 Å². The quantitative estimate of drug-likeness (QED) is 0.606. The van der Waals surface area contributed by atoms with Crippen LogP contribution in [-0.2, 0) is 5.33 Å². The van der Waals surface area contributed by atoms with E-state index in [2.05, 4.69) is 55.0 Å². The average Bonchev–Trinajstić information content (AvgIpc) is 2.46. The lowest BCUT2D eigenvalue weighted by atomic mass is 9.78. The molecule has 0 aromatic heterocycles. The molecule has 0 radical (unpaired) electrons. The number of hydrogen-bond acceptors (Lipinski definition) is 1. The van der Waals surface area contributed by atoms with Crippen LogP contribution in [0.4, 0.5) is 5.69 Å². The number of halogens is 2. The fourth-order valence-electron chi connectivity index (χ4n) is 3.77. The van der Waals surface area contributed by atoms with Gasteiger partial charge in [0.25, 0.3) is 0 Å². The van der Waals surface area contributed by atoms with Crippen molar-refractivity contribution in [1.29, 1.82) is 0 Å². The molecule has 104 valence electrons. The highest BCUT2D eigenvalue weighted by molar-refractivity contribution is 9.10. The average molecular weight is 387 g/mol. The smallest absolute Gasteiger partial charge is 0.0380 e. The maximum absolute atomic E-state index is 3.71. The largest absolute Gasteiger partial charge is 0.368 e. The van der Waals surface area contributed by atoms with Gasteiger partial charge in [-0.3, -0.25) is 0 Å². The minimum atomic E-state index is 0.796. The van der Waals surface area contributed by atoms with Gasteiger partial charge in [0.1, 0.15) is 0 Å². The van der Waals surface area contributed by atoms with Crippen LogP contribution in [0.3, 0.4) is 0 Å². The van der Waals surface area contributed by atoms with Crippen LogP contribution in [0.1, 0.15) is 44.1 Å². The van der Waals surface area contributed by atoms with Gasteiger partial charge in [0.05, 0.1) is 0 Å². The summed E-state index contributed by atoms with van der Waals surface area (Å²) in [6.45, 7) is 1.24. The van der Waals surface area contributed by atoms with E-state index in [0.29, 0.717) is 0 Å². The second kappa shape index (κ2) is 6.17. The van der Waals surface area contributed by atoms with Crippen molar-refractivity contribution in [3.63, 3.8) is 0 Å². The number of piperidine rings is 1. The Morgan fingerprint density at radius 3 is 2.68 bits per heavy atom. The molecule has 1 heterocycles. The maximum Gasteiger partial charge on any atom is 0.0380 e. The van der Waals surface area contributed by atoms with Crippen LogP contribution in [0.5, 0.6) is 0 Å². The van der Waals surface area contributed by atoms with E-state index >= 15 is 0 Å². The SMILES string of the molecule is BrCc1ccc(N2CCC[C@H]3CCCC[C@H]32)cc1Br. The summed E-state index contributed by atoms with van der Waals surface area (Å²) in [4.78, 5) is 2.68. The monoisotopic (exact) mass is 385 g/mol. The fraction of sp³-hybridized carbons (Fsp3) is 0.625. The molecule has 2 atom stereocenters. The molecule has 0 bridgehead atoms. The predicted molar refractivity (Wildman–Crippen MR) is 89.1 cm³/mol. The van der Waals surface area contributed by atoms with Crippen LogP contribution in [0.2, 0.25) is 0 Å². The number of nitrogens with zero attached hydrogens (tertiary/aromatic N) is 1. The Bertz CT molecular complexity index is 444. The van der Waals surface area contributed by atoms with Crippen LogP contribution in [0.15, 0.2) is 22.7 Å². The Hall–Kier alpha value is -0.0200. The number of anilines is 1. The first-order valence-corrected chi connectivity index (χ1v) is 9.32. The number of rotatable bonds is 2. The molecular formula is C16H21Br2N. The molecule has 0 N–H and O–H groups in total. The van der Waals surface area contributed by atoms with E-state index in [1.807, 2.05) is 0 Å². The molecule has 1 aliphatic carbocycles. The molecule has 3 heteroatoms. The van der Waals surface area contributed by atoms with Crippen molar-refractivity contribution in [3.05, 3.63) is 28.2 Å². The molecule has 1 saturated carbocycles. The minimum Gasteiger partial charge on any atom is -0.368 e. The van der Waals surface area contributed by atoms with Crippen molar-refractivity contribution in [2.24, 2.45) is 5.92 Å². The molecule has 2 fully saturated rings. The van der Waals surface area contributed by atoms with Crippen molar-refractivity contribution in [3.8, 4) is 0 Å². The third kappa shape index (κ3) is 2.87. The second-order valence-corrected chi connectivity index (χ2v) is 7.27. The third-order valence-corrected chi connectivity index (χ3v) is 6.10. The van der Waals surface area contributed by atoms with Crippen molar-refractivity contribution >= 4 is 37.5 Å². The lowest BCUT2D eigenvalue weighted by Crippen LogP contribution is -2.46. The number of hydrogen-bond donors (Lipinski definition) is 0. The van der Waals surface area contributed by atoms with Gasteiger partial charge >= 0.3 is 0 Å². The zero-order valence-electron chi connectivity index (χ0n) is 11.2. The van der Waals surface area contributed by atoms with Crippen LogP contribution in [-0.4, -0.2) is 12.6 Å². The number of benzene rings is 1. The standard InChI is InChI=1S/C16H21Br2N/c17-11-13-7-8-14(10-15(13)18)19-9-3-5-12-4-1-2-6-16(12)19/h7-8,10,12,16H,1-6,9,11H2/t12-,16-/m1/s1. The first kappa shape index (κ1) is 13.9. The topological polar surface area (TPSA) is 3.24 Å². The van der Waals surface area contributed by atoms with Crippen LogP contribution in [0.25, 0.3) is 0 Å². The van der Waals surface area contributed by atoms with E-state index in [0.717, 1.165) is 17.3 Å². The van der Waals surface area contributed by atoms with Gasteiger partial charge in [-0.2, -0.15) is 0 Å². The van der Waals surface area contributed by atoms with E-state index in [1.54, 1.807) is 0 Å². The molecule has 1 aliphatic heterocycles. The maximum atomic E-state index is 3.71. The highest BCUT2D eigenvalue weighted by Crippen LogP contribution is 2.38. The van der Waals surface area contributed by atoms with Crippen molar-refractivity contribution in [2.45, 2.75) is 49.9 Å². The molecule has 1 nitrogen and oxygen atoms in total. The van der Waals surface area contributed by atoms with Gasteiger partial charge in [-0.05, 0) is 49.3 Å². The molecule has 0 unspecified atom stereocenters. The third-order valence-electron chi connectivity index (χ3n) is 4.76. The Balaban J connectivity index is 1.85. The normalized spacial score (nSPS) is 27.2. The molecule has 0 amide bonds. The zero-order valence-corrected chi connectivity index (χ0v) is 14.4. The Morgan fingerprint density at radius 2 is 1.89 bits per heavy atom. The molecule has 1 aromatic carbocycles. The van der Waals surface area contributed by atoms with Crippen LogP contribution < -0.4 is 4.90 Å². The highest BCUT2D eigenvalue weighted by atomic mass is 79.9. The summed E-state index contributed by atoms with van der Waals surface area (Å²) in [5, 5.41) is 0.917. The molecule has 0 spiro atoms. The second-order valence-electron chi connectivity index (χ2n) is 5.86. The van der Waals surface area contributed by atoms with E-state index in [9.17, 15) is 0 Å². The number of alkyl halides is 1. The summed E-state index contributed by atoms with van der Waals surface area (Å²) < 4.78 is 1.24. The zero-order chi connectivity index (χ0) is 13.2. The first-order chi connectivity index (χ1) is 9.29. The lowest BCUT2D eigenvalue weighted by molar-refractivity contribution is 0.244. The van der Waals surface area contributed by atoms with Gasteiger partial charge in [0.2, 0.25) is 0 Å². The van der Waals surface area contributed by atoms with Crippen molar-refractivity contribution in [1.82, 2.24) is 0 Å². The van der Waals surface area contributed by atoms with Gasteiger partial charge in [-0.25, -0.2) is 0 Å². The minimum absolute atomic E-state index is 0.796. The Morgan fingerprint density at radius 1 is 1.11 bits per heavy atom. The van der Waals surface area contributed by atoms with Gasteiger partial charge in [-0.15, -0.1) is 0 Å². The Kier molecular flexibility index (Phi) is 4.53. The summed E-state index contributed by atoms with van der Waals surface area (Å²) in [5.41, 5.74) is 2.74. The summed E-state index contributed by atoms with van der Waals surface area (Å²) in [5.74, 6) is 0.942. The first-order valence-electron chi connectivity index (χ1n) is 7.40. The highest BCUT2D eigenvalue weighted by Gasteiger charge is 2.33. The molecular weight excluding hydrogens is 366 g/mol. The molecule has 2 aliphatic rings. The number of fused-ring (bicyclic) bond motifs is 1. The van der Waals surface area contributed by atoms with Crippen LogP contribution >= 0.6 is 31.9 Å². The van der Waals surface area contributed by atoms with Gasteiger partial charge in [0.15, 0.2) is 0 Å². The molecule has 19 heavy (non-hydrogen) atoms. The van der Waals surface area contributed by atoms with E-state index < -0.39 is 0 Å². The van der Waals surface area contributed by atoms with E-state index in [-0.39, 0.29) is 0 Å². The summed E-state index contributed by atoms with van der Waals surface area (Å²) in [6, 6.07) is 7.66. The predicted octanol–water partition coefficient (Wildman–Crippen LogP) is 5.50. The van der Waals surface area contributed by atoms with E-state index in [1.165, 1.54) is 60.8 Å². The Labute approximate surface area is 133 Å². The molecule has 1 aromatic rings. The summed E-state index contributed by atoms with van der Waals surface area (Å²) in [6.07, 6.45) is 8.50. The van der Waals surface area contributed by atoms with Crippen molar-refractivity contribution in [2.75, 3.05) is 11.4 Å². The van der Waals surface area contributed by atoms with Gasteiger partial charge < -0.3 is 4.90 Å².